The van der Waals surface area contributed by atoms with Gasteiger partial charge in [-0.25, -0.2) is 0 Å². The first kappa shape index (κ1) is 20.9. The Morgan fingerprint density at radius 3 is 2.66 bits per heavy atom. The Morgan fingerprint density at radius 2 is 1.88 bits per heavy atom. The summed E-state index contributed by atoms with van der Waals surface area (Å²) >= 11 is 0. The van der Waals surface area contributed by atoms with E-state index in [4.69, 9.17) is 9.47 Å². The molecule has 2 aromatic heterocycles. The van der Waals surface area contributed by atoms with Crippen LogP contribution in [-0.2, 0) is 7.05 Å². The summed E-state index contributed by atoms with van der Waals surface area (Å²) in [6.07, 6.45) is 1.72. The molecule has 1 fully saturated rings. The fourth-order valence-corrected chi connectivity index (χ4v) is 5.07. The molecule has 0 saturated carbocycles. The van der Waals surface area contributed by atoms with Crippen molar-refractivity contribution in [2.24, 2.45) is 7.05 Å². The zero-order valence-corrected chi connectivity index (χ0v) is 19.5. The predicted octanol–water partition coefficient (Wildman–Crippen LogP) is 3.43. The first-order chi connectivity index (χ1) is 15.1. The van der Waals surface area contributed by atoms with E-state index in [1.165, 1.54) is 5.56 Å². The van der Waals surface area contributed by atoms with Crippen LogP contribution in [0.2, 0.25) is 0 Å². The lowest BCUT2D eigenvalue weighted by atomic mass is 10.00. The number of aromatic amines is 1. The molecule has 1 saturated heterocycles. The summed E-state index contributed by atoms with van der Waals surface area (Å²) in [4.78, 5) is 17.4. The predicted molar refractivity (Wildman–Crippen MR) is 125 cm³/mol. The summed E-state index contributed by atoms with van der Waals surface area (Å²) in [5.41, 5.74) is 3.85. The zero-order valence-electron chi connectivity index (χ0n) is 19.5. The summed E-state index contributed by atoms with van der Waals surface area (Å²) in [7, 11) is 1.78. The molecule has 1 N–H and O–H groups in total. The number of hydrogen-bond donors (Lipinski definition) is 1. The second-order valence-corrected chi connectivity index (χ2v) is 9.59. The monoisotopic (exact) mass is 437 g/mol. The number of anilines is 1. The molecule has 2 aliphatic rings. The maximum absolute atomic E-state index is 12.5. The quantitative estimate of drug-likeness (QED) is 0.677. The maximum Gasteiger partial charge on any atom is 0.252 e. The van der Waals surface area contributed by atoms with Crippen molar-refractivity contribution < 1.29 is 9.47 Å². The SMILES string of the molecule is CC(c1ccc2c(c1)OC(C)(C)O2)N1C[C@H](C)N(c2cc(=O)n(C)c3cn[nH]c23)C[C@H]1C. The highest BCUT2D eigenvalue weighted by atomic mass is 16.7. The number of ether oxygens (including phenoxy) is 2. The molecule has 2 aliphatic heterocycles. The van der Waals surface area contributed by atoms with Crippen LogP contribution in [0.5, 0.6) is 11.5 Å². The van der Waals surface area contributed by atoms with Gasteiger partial charge in [-0.15, -0.1) is 0 Å². The number of nitrogens with one attached hydrogen (secondary N) is 1. The van der Waals surface area contributed by atoms with E-state index in [0.717, 1.165) is 41.3 Å². The van der Waals surface area contributed by atoms with Crippen LogP contribution in [0.3, 0.4) is 0 Å². The van der Waals surface area contributed by atoms with E-state index >= 15 is 0 Å². The molecule has 32 heavy (non-hydrogen) atoms. The van der Waals surface area contributed by atoms with Crippen LogP contribution in [0.25, 0.3) is 11.0 Å². The van der Waals surface area contributed by atoms with Crippen LogP contribution >= 0.6 is 0 Å². The second kappa shape index (κ2) is 7.27. The Labute approximate surface area is 187 Å². The number of aromatic nitrogens is 3. The highest BCUT2D eigenvalue weighted by molar-refractivity contribution is 5.88. The molecule has 4 heterocycles. The number of H-pyrrole nitrogens is 1. The number of benzene rings is 1. The molecule has 0 spiro atoms. The van der Waals surface area contributed by atoms with Gasteiger partial charge in [-0.2, -0.15) is 5.10 Å². The van der Waals surface area contributed by atoms with E-state index in [1.54, 1.807) is 23.9 Å². The van der Waals surface area contributed by atoms with Crippen molar-refractivity contribution in [1.29, 1.82) is 0 Å². The highest BCUT2D eigenvalue weighted by Crippen LogP contribution is 2.41. The van der Waals surface area contributed by atoms with Crippen molar-refractivity contribution in [3.05, 3.63) is 46.4 Å². The van der Waals surface area contributed by atoms with E-state index in [1.807, 2.05) is 19.9 Å². The third-order valence-electron chi connectivity index (χ3n) is 6.83. The van der Waals surface area contributed by atoms with E-state index < -0.39 is 5.79 Å². The first-order valence-corrected chi connectivity index (χ1v) is 11.2. The number of piperazine rings is 1. The van der Waals surface area contributed by atoms with Gasteiger partial charge < -0.3 is 18.9 Å². The van der Waals surface area contributed by atoms with Gasteiger partial charge in [0.15, 0.2) is 11.5 Å². The molecule has 0 amide bonds. The number of nitrogens with zero attached hydrogens (tertiary/aromatic N) is 4. The molecule has 3 atom stereocenters. The van der Waals surface area contributed by atoms with Crippen LogP contribution in [0.4, 0.5) is 5.69 Å². The molecule has 0 aliphatic carbocycles. The Bertz CT molecular complexity index is 1230. The molecule has 1 unspecified atom stereocenters. The standard InChI is InChI=1S/C24H31N5O3/c1-14-13-29(18-10-22(30)27(6)19-11-25-26-23(18)19)15(2)12-28(14)16(3)17-7-8-20-21(9-17)32-24(4,5)31-20/h7-11,14-16H,12-13H2,1-6H3,(H,25,26)/t14-,15+,16?/m1/s1. The van der Waals surface area contributed by atoms with Gasteiger partial charge in [0.05, 0.1) is 17.4 Å². The molecular weight excluding hydrogens is 406 g/mol. The van der Waals surface area contributed by atoms with Crippen LogP contribution < -0.4 is 19.9 Å². The van der Waals surface area contributed by atoms with Crippen LogP contribution in [0.15, 0.2) is 35.3 Å². The fraction of sp³-hybridized carbons (Fsp3) is 0.500. The van der Waals surface area contributed by atoms with Crippen molar-refractivity contribution in [2.45, 2.75) is 58.5 Å². The normalized spacial score (nSPS) is 23.6. The molecule has 8 nitrogen and oxygen atoms in total. The van der Waals surface area contributed by atoms with E-state index in [2.05, 4.69) is 52.9 Å². The van der Waals surface area contributed by atoms with Crippen molar-refractivity contribution in [3.63, 3.8) is 0 Å². The van der Waals surface area contributed by atoms with Gasteiger partial charge in [0, 0.05) is 58.2 Å². The molecule has 0 radical (unpaired) electrons. The van der Waals surface area contributed by atoms with Crippen molar-refractivity contribution in [2.75, 3.05) is 18.0 Å². The van der Waals surface area contributed by atoms with Crippen molar-refractivity contribution >= 4 is 16.7 Å². The lowest BCUT2D eigenvalue weighted by Crippen LogP contribution is -2.57. The molecular formula is C24H31N5O3. The Morgan fingerprint density at radius 1 is 1.12 bits per heavy atom. The summed E-state index contributed by atoms with van der Waals surface area (Å²) in [5.74, 6) is 0.981. The molecule has 5 rings (SSSR count). The minimum absolute atomic E-state index is 0.0205. The average Bonchev–Trinajstić information content (AvgIpc) is 3.34. The van der Waals surface area contributed by atoms with Gasteiger partial charge in [0.25, 0.3) is 5.56 Å². The average molecular weight is 438 g/mol. The Kier molecular flexibility index (Phi) is 4.74. The molecule has 0 bridgehead atoms. The van der Waals surface area contributed by atoms with Gasteiger partial charge in [0.1, 0.15) is 5.52 Å². The van der Waals surface area contributed by atoms with E-state index in [0.29, 0.717) is 6.04 Å². The zero-order chi connectivity index (χ0) is 22.8. The fourth-order valence-electron chi connectivity index (χ4n) is 5.07. The van der Waals surface area contributed by atoms with Gasteiger partial charge in [-0.1, -0.05) is 6.07 Å². The molecule has 170 valence electrons. The van der Waals surface area contributed by atoms with Gasteiger partial charge in [-0.05, 0) is 38.5 Å². The summed E-state index contributed by atoms with van der Waals surface area (Å²) in [6.45, 7) is 12.3. The summed E-state index contributed by atoms with van der Waals surface area (Å²) in [6, 6.07) is 8.73. The smallest absolute Gasteiger partial charge is 0.252 e. The number of aryl methyl sites for hydroxylation is 1. The lowest BCUT2D eigenvalue weighted by molar-refractivity contribution is -0.0431. The van der Waals surface area contributed by atoms with Gasteiger partial charge in [0.2, 0.25) is 5.79 Å². The first-order valence-electron chi connectivity index (χ1n) is 11.2. The van der Waals surface area contributed by atoms with Crippen molar-refractivity contribution in [3.8, 4) is 11.5 Å². The Balaban J connectivity index is 1.40. The molecule has 8 heteroatoms. The minimum atomic E-state index is -0.623. The second-order valence-electron chi connectivity index (χ2n) is 9.59. The van der Waals surface area contributed by atoms with Crippen molar-refractivity contribution in [1.82, 2.24) is 19.7 Å². The highest BCUT2D eigenvalue weighted by Gasteiger charge is 2.35. The van der Waals surface area contributed by atoms with Crippen LogP contribution in [-0.4, -0.2) is 50.6 Å². The third-order valence-corrected chi connectivity index (χ3v) is 6.83. The third kappa shape index (κ3) is 3.33. The van der Waals surface area contributed by atoms with Gasteiger partial charge in [-0.3, -0.25) is 14.8 Å². The molecule has 3 aromatic rings. The Hall–Kier alpha value is -3.00. The molecule has 1 aromatic carbocycles. The number of hydrogen-bond acceptors (Lipinski definition) is 6. The minimum Gasteiger partial charge on any atom is -0.449 e. The lowest BCUT2D eigenvalue weighted by Gasteiger charge is -2.47. The van der Waals surface area contributed by atoms with Crippen LogP contribution in [0, 0.1) is 0 Å². The topological polar surface area (TPSA) is 75.6 Å². The summed E-state index contributed by atoms with van der Waals surface area (Å²) < 4.78 is 13.4. The van der Waals surface area contributed by atoms with Gasteiger partial charge >= 0.3 is 0 Å². The van der Waals surface area contributed by atoms with E-state index in [-0.39, 0.29) is 17.6 Å². The number of fused-ring (bicyclic) bond motifs is 2. The maximum atomic E-state index is 12.5. The number of pyridine rings is 1. The van der Waals surface area contributed by atoms with E-state index in [9.17, 15) is 4.79 Å². The largest absolute Gasteiger partial charge is 0.449 e. The summed E-state index contributed by atoms with van der Waals surface area (Å²) in [5, 5.41) is 7.27. The number of rotatable bonds is 3. The van der Waals surface area contributed by atoms with Crippen LogP contribution in [0.1, 0.15) is 46.2 Å².